The van der Waals surface area contributed by atoms with Gasteiger partial charge in [-0.1, -0.05) is 47.3 Å². The van der Waals surface area contributed by atoms with Gasteiger partial charge in [0.15, 0.2) is 0 Å². The number of hydrogen-bond donors (Lipinski definition) is 3. The Morgan fingerprint density at radius 3 is 2.84 bits per heavy atom. The molecule has 1 aromatic rings. The van der Waals surface area contributed by atoms with Crippen molar-refractivity contribution in [3.63, 3.8) is 0 Å². The number of oxime groups is 1. The van der Waals surface area contributed by atoms with Gasteiger partial charge in [0.1, 0.15) is 12.7 Å². The molecule has 3 rings (SSSR count). The summed E-state index contributed by atoms with van der Waals surface area (Å²) in [5.41, 5.74) is 1.60. The molecule has 6 heteroatoms. The van der Waals surface area contributed by atoms with Crippen molar-refractivity contribution in [3.05, 3.63) is 35.9 Å². The van der Waals surface area contributed by atoms with E-state index >= 15 is 0 Å². The first-order chi connectivity index (χ1) is 12.1. The van der Waals surface area contributed by atoms with Crippen LogP contribution in [0.4, 0.5) is 0 Å². The van der Waals surface area contributed by atoms with Crippen molar-refractivity contribution in [2.45, 2.75) is 31.5 Å². The summed E-state index contributed by atoms with van der Waals surface area (Å²) in [4.78, 5) is 15.5. The minimum atomic E-state index is -0.921. The first-order valence-corrected chi connectivity index (χ1v) is 8.39. The monoisotopic (exact) mass is 343 g/mol. The fraction of sp³-hybridized carbons (Fsp3) is 0.474. The van der Waals surface area contributed by atoms with Crippen molar-refractivity contribution >= 4 is 11.7 Å². The lowest BCUT2D eigenvalue weighted by molar-refractivity contribution is -0.138. The van der Waals surface area contributed by atoms with Gasteiger partial charge < -0.3 is 20.2 Å². The molecule has 0 heterocycles. The van der Waals surface area contributed by atoms with E-state index in [2.05, 4.69) is 17.0 Å². The smallest absolute Gasteiger partial charge is 0.306 e. The van der Waals surface area contributed by atoms with Crippen LogP contribution in [0, 0.1) is 29.6 Å². The molecule has 0 aliphatic heterocycles. The van der Waals surface area contributed by atoms with E-state index in [9.17, 15) is 15.0 Å². The largest absolute Gasteiger partial charge is 0.481 e. The summed E-state index contributed by atoms with van der Waals surface area (Å²) in [6.45, 7) is 0.0469. The number of carbonyl (C=O) groups is 1. The van der Waals surface area contributed by atoms with Gasteiger partial charge in [0.25, 0.3) is 0 Å². The predicted molar refractivity (Wildman–Crippen MR) is 90.5 cm³/mol. The summed E-state index contributed by atoms with van der Waals surface area (Å²) < 4.78 is 0. The maximum absolute atomic E-state index is 10.4. The van der Waals surface area contributed by atoms with Crippen molar-refractivity contribution in [1.29, 1.82) is 0 Å². The van der Waals surface area contributed by atoms with Crippen molar-refractivity contribution in [3.8, 4) is 11.8 Å². The third-order valence-electron chi connectivity index (χ3n) is 4.85. The maximum atomic E-state index is 10.4. The van der Waals surface area contributed by atoms with E-state index in [0.717, 1.165) is 11.3 Å². The highest BCUT2D eigenvalue weighted by atomic mass is 16.6. The standard InChI is InChI=1S/C19H21NO5/c21-17(12-4-2-1-3-5-12)7-6-13-14-10-16(15(14)11-18(13)22)20-25-9-8-19(23)24/h1-5,13-15,17-18,21-22H,8-11H2,(H,23,24). The molecule has 0 spiro atoms. The van der Waals surface area contributed by atoms with Gasteiger partial charge in [0.2, 0.25) is 0 Å². The topological polar surface area (TPSA) is 99.4 Å². The van der Waals surface area contributed by atoms with Crippen molar-refractivity contribution < 1.29 is 25.0 Å². The second kappa shape index (κ2) is 7.68. The number of aliphatic hydroxyl groups is 2. The molecule has 0 saturated heterocycles. The van der Waals surface area contributed by atoms with Crippen LogP contribution in [-0.4, -0.2) is 39.7 Å². The molecule has 25 heavy (non-hydrogen) atoms. The van der Waals surface area contributed by atoms with Crippen molar-refractivity contribution in [2.75, 3.05) is 6.61 Å². The van der Waals surface area contributed by atoms with E-state index in [1.165, 1.54) is 0 Å². The van der Waals surface area contributed by atoms with Crippen LogP contribution in [0.2, 0.25) is 0 Å². The minimum absolute atomic E-state index is 0.0469. The van der Waals surface area contributed by atoms with Crippen LogP contribution in [0.1, 0.15) is 30.9 Å². The summed E-state index contributed by atoms with van der Waals surface area (Å²) in [5.74, 6) is 5.13. The predicted octanol–water partition coefficient (Wildman–Crippen LogP) is 1.59. The van der Waals surface area contributed by atoms with Crippen LogP contribution < -0.4 is 0 Å². The zero-order valence-corrected chi connectivity index (χ0v) is 13.7. The van der Waals surface area contributed by atoms with Crippen LogP contribution in [0.5, 0.6) is 0 Å². The summed E-state index contributed by atoms with van der Waals surface area (Å²) in [7, 11) is 0. The van der Waals surface area contributed by atoms with Crippen LogP contribution >= 0.6 is 0 Å². The number of benzene rings is 1. The average molecular weight is 343 g/mol. The lowest BCUT2D eigenvalue weighted by Crippen LogP contribution is -2.36. The number of rotatable bonds is 5. The molecular weight excluding hydrogens is 322 g/mol. The first-order valence-electron chi connectivity index (χ1n) is 8.39. The van der Waals surface area contributed by atoms with Gasteiger partial charge in [0, 0.05) is 5.92 Å². The molecule has 0 bridgehead atoms. The third kappa shape index (κ3) is 4.01. The van der Waals surface area contributed by atoms with Crippen molar-refractivity contribution in [2.24, 2.45) is 22.9 Å². The molecule has 5 unspecified atom stereocenters. The highest BCUT2D eigenvalue weighted by Gasteiger charge is 2.51. The SMILES string of the molecule is O=C(O)CCON=C1CC2C1CC(O)C2C#CC(O)c1ccccc1. The fourth-order valence-corrected chi connectivity index (χ4v) is 3.47. The van der Waals surface area contributed by atoms with Crippen LogP contribution in [-0.2, 0) is 9.63 Å². The Morgan fingerprint density at radius 2 is 2.12 bits per heavy atom. The zero-order valence-electron chi connectivity index (χ0n) is 13.7. The van der Waals surface area contributed by atoms with Crippen molar-refractivity contribution in [1.82, 2.24) is 0 Å². The van der Waals surface area contributed by atoms with Gasteiger partial charge in [0.05, 0.1) is 24.2 Å². The van der Waals surface area contributed by atoms with E-state index in [-0.39, 0.29) is 30.8 Å². The number of carboxylic acids is 1. The Morgan fingerprint density at radius 1 is 1.36 bits per heavy atom. The normalized spacial score (nSPS) is 29.9. The van der Waals surface area contributed by atoms with Gasteiger partial charge in [-0.2, -0.15) is 0 Å². The Labute approximate surface area is 146 Å². The highest BCUT2D eigenvalue weighted by Crippen LogP contribution is 2.48. The van der Waals surface area contributed by atoms with E-state index in [4.69, 9.17) is 9.94 Å². The Balaban J connectivity index is 1.57. The molecule has 0 aromatic heterocycles. The molecule has 5 atom stereocenters. The van der Waals surface area contributed by atoms with E-state index in [1.807, 2.05) is 30.3 Å². The molecule has 0 amide bonds. The third-order valence-corrected chi connectivity index (χ3v) is 4.85. The molecule has 2 aliphatic carbocycles. The molecule has 2 fully saturated rings. The zero-order chi connectivity index (χ0) is 17.8. The molecule has 2 saturated carbocycles. The number of aliphatic hydroxyl groups excluding tert-OH is 2. The highest BCUT2D eigenvalue weighted by molar-refractivity contribution is 5.93. The number of fused-ring (bicyclic) bond motifs is 1. The fourth-order valence-electron chi connectivity index (χ4n) is 3.47. The first kappa shape index (κ1) is 17.5. The molecular formula is C19H21NO5. The van der Waals surface area contributed by atoms with Gasteiger partial charge in [-0.15, -0.1) is 0 Å². The second-order valence-corrected chi connectivity index (χ2v) is 6.46. The van der Waals surface area contributed by atoms with Crippen LogP contribution in [0.3, 0.4) is 0 Å². The average Bonchev–Trinajstić information content (AvgIpc) is 2.84. The second-order valence-electron chi connectivity index (χ2n) is 6.46. The molecule has 0 radical (unpaired) electrons. The summed E-state index contributed by atoms with van der Waals surface area (Å²) in [5, 5.41) is 32.9. The molecule has 1 aromatic carbocycles. The molecule has 132 valence electrons. The van der Waals surface area contributed by atoms with Gasteiger partial charge >= 0.3 is 5.97 Å². The summed E-state index contributed by atoms with van der Waals surface area (Å²) in [6, 6.07) is 9.20. The number of nitrogens with zero attached hydrogens (tertiary/aromatic N) is 1. The molecule has 2 aliphatic rings. The van der Waals surface area contributed by atoms with Crippen LogP contribution in [0.15, 0.2) is 35.5 Å². The van der Waals surface area contributed by atoms with E-state index in [0.29, 0.717) is 12.8 Å². The lowest BCUT2D eigenvalue weighted by atomic mass is 9.71. The number of hydrogen-bond acceptors (Lipinski definition) is 5. The van der Waals surface area contributed by atoms with E-state index in [1.54, 1.807) is 0 Å². The van der Waals surface area contributed by atoms with Gasteiger partial charge in [-0.05, 0) is 24.3 Å². The number of aliphatic carboxylic acids is 1. The molecule has 3 N–H and O–H groups in total. The summed E-state index contributed by atoms with van der Waals surface area (Å²) in [6.07, 6.45) is -0.224. The Bertz CT molecular complexity index is 706. The summed E-state index contributed by atoms with van der Waals surface area (Å²) >= 11 is 0. The molecule has 6 nitrogen and oxygen atoms in total. The van der Waals surface area contributed by atoms with Gasteiger partial charge in [-0.3, -0.25) is 4.79 Å². The Kier molecular flexibility index (Phi) is 5.37. The minimum Gasteiger partial charge on any atom is -0.481 e. The Hall–Kier alpha value is -2.36. The maximum Gasteiger partial charge on any atom is 0.306 e. The van der Waals surface area contributed by atoms with Gasteiger partial charge in [-0.25, -0.2) is 0 Å². The number of carboxylic acid groups (broad SMARTS) is 1. The quantitative estimate of drug-likeness (QED) is 0.428. The lowest BCUT2D eigenvalue weighted by Gasteiger charge is -2.33. The van der Waals surface area contributed by atoms with E-state index < -0.39 is 18.2 Å². The van der Waals surface area contributed by atoms with Crippen LogP contribution in [0.25, 0.3) is 0 Å².